The van der Waals surface area contributed by atoms with E-state index in [0.717, 1.165) is 0 Å². The van der Waals surface area contributed by atoms with Crippen molar-refractivity contribution >= 4 is 11.6 Å². The Kier molecular flexibility index (Phi) is 4.30. The lowest BCUT2D eigenvalue weighted by molar-refractivity contribution is -0.135. The van der Waals surface area contributed by atoms with Gasteiger partial charge in [0.05, 0.1) is 11.9 Å². The molecule has 0 atom stereocenters. The Balaban J connectivity index is 2.33. The summed E-state index contributed by atoms with van der Waals surface area (Å²) in [6.07, 6.45) is -3.94. The average molecular weight is 247 g/mol. The number of carbonyl (C=O) groups is 1. The van der Waals surface area contributed by atoms with Crippen LogP contribution in [0.1, 0.15) is 23.3 Å². The number of nitrogen functional groups attached to an aromatic ring is 1. The van der Waals surface area contributed by atoms with E-state index in [2.05, 4.69) is 10.3 Å². The smallest absolute Gasteiger partial charge is 0.389 e. The molecule has 1 heterocycles. The lowest BCUT2D eigenvalue weighted by Gasteiger charge is -2.07. The number of carbonyl (C=O) groups excluding carboxylic acids is 1. The maximum Gasteiger partial charge on any atom is 0.389 e. The standard InChI is InChI=1S/C10H12F3N3O/c11-10(12,13)4-1-5-15-9(17)8-3-2-7(14)6-16-8/h2-3,6H,1,4-5,14H2,(H,15,17). The minimum Gasteiger partial charge on any atom is -0.397 e. The summed E-state index contributed by atoms with van der Waals surface area (Å²) < 4.78 is 35.4. The lowest BCUT2D eigenvalue weighted by atomic mass is 10.3. The largest absolute Gasteiger partial charge is 0.397 e. The Morgan fingerprint density at radius 1 is 1.41 bits per heavy atom. The fourth-order valence-electron chi connectivity index (χ4n) is 1.12. The quantitative estimate of drug-likeness (QED) is 0.796. The van der Waals surface area contributed by atoms with Gasteiger partial charge in [-0.1, -0.05) is 0 Å². The van der Waals surface area contributed by atoms with Gasteiger partial charge < -0.3 is 11.1 Å². The van der Waals surface area contributed by atoms with Gasteiger partial charge in [0.2, 0.25) is 0 Å². The van der Waals surface area contributed by atoms with Crippen LogP contribution in [0, 0.1) is 0 Å². The van der Waals surface area contributed by atoms with Gasteiger partial charge in [-0.15, -0.1) is 0 Å². The number of pyridine rings is 1. The minimum atomic E-state index is -4.19. The number of hydrogen-bond acceptors (Lipinski definition) is 3. The molecule has 0 unspecified atom stereocenters. The maximum atomic E-state index is 11.8. The highest BCUT2D eigenvalue weighted by atomic mass is 19.4. The molecule has 0 bridgehead atoms. The van der Waals surface area contributed by atoms with Crippen molar-refractivity contribution in [1.82, 2.24) is 10.3 Å². The summed E-state index contributed by atoms with van der Waals surface area (Å²) in [7, 11) is 0. The molecule has 0 radical (unpaired) electrons. The number of nitrogens with two attached hydrogens (primary N) is 1. The summed E-state index contributed by atoms with van der Waals surface area (Å²) in [6, 6.07) is 2.91. The summed E-state index contributed by atoms with van der Waals surface area (Å²) in [6.45, 7) is -0.0373. The highest BCUT2D eigenvalue weighted by molar-refractivity contribution is 5.92. The van der Waals surface area contributed by atoms with E-state index in [9.17, 15) is 18.0 Å². The van der Waals surface area contributed by atoms with Crippen molar-refractivity contribution in [2.24, 2.45) is 0 Å². The monoisotopic (exact) mass is 247 g/mol. The van der Waals surface area contributed by atoms with E-state index in [-0.39, 0.29) is 18.7 Å². The van der Waals surface area contributed by atoms with E-state index < -0.39 is 18.5 Å². The molecule has 1 amide bonds. The predicted molar refractivity (Wildman–Crippen MR) is 56.3 cm³/mol. The van der Waals surface area contributed by atoms with Crippen molar-refractivity contribution in [3.63, 3.8) is 0 Å². The molecule has 17 heavy (non-hydrogen) atoms. The van der Waals surface area contributed by atoms with E-state index in [1.54, 1.807) is 0 Å². The first kappa shape index (κ1) is 13.3. The third-order valence-corrected chi connectivity index (χ3v) is 1.94. The zero-order chi connectivity index (χ0) is 12.9. The van der Waals surface area contributed by atoms with Crippen LogP contribution in [-0.2, 0) is 0 Å². The number of alkyl halides is 3. The first-order valence-electron chi connectivity index (χ1n) is 4.95. The highest BCUT2D eigenvalue weighted by Crippen LogP contribution is 2.20. The van der Waals surface area contributed by atoms with E-state index in [1.165, 1.54) is 18.3 Å². The fourth-order valence-corrected chi connectivity index (χ4v) is 1.12. The van der Waals surface area contributed by atoms with E-state index in [0.29, 0.717) is 5.69 Å². The van der Waals surface area contributed by atoms with Crippen molar-refractivity contribution in [3.8, 4) is 0 Å². The number of aromatic nitrogens is 1. The molecular formula is C10H12F3N3O. The molecule has 94 valence electrons. The van der Waals surface area contributed by atoms with Crippen molar-refractivity contribution in [1.29, 1.82) is 0 Å². The van der Waals surface area contributed by atoms with Gasteiger partial charge >= 0.3 is 6.18 Å². The van der Waals surface area contributed by atoms with Gasteiger partial charge in [0.1, 0.15) is 5.69 Å². The number of hydrogen-bond donors (Lipinski definition) is 2. The molecule has 1 rings (SSSR count). The Bertz CT molecular complexity index is 375. The number of nitrogens with zero attached hydrogens (tertiary/aromatic N) is 1. The average Bonchev–Trinajstić information content (AvgIpc) is 2.24. The van der Waals surface area contributed by atoms with Crippen LogP contribution in [-0.4, -0.2) is 23.6 Å². The molecule has 0 fully saturated rings. The summed E-state index contributed by atoms with van der Waals surface area (Å²) in [5.41, 5.74) is 5.92. The van der Waals surface area contributed by atoms with Crippen LogP contribution in [0.4, 0.5) is 18.9 Å². The summed E-state index contributed by atoms with van der Waals surface area (Å²) in [5, 5.41) is 2.35. The normalized spacial score (nSPS) is 11.2. The van der Waals surface area contributed by atoms with Crippen molar-refractivity contribution in [2.45, 2.75) is 19.0 Å². The number of amides is 1. The van der Waals surface area contributed by atoms with Crippen LogP contribution in [0.25, 0.3) is 0 Å². The topological polar surface area (TPSA) is 68.0 Å². The Morgan fingerprint density at radius 3 is 2.65 bits per heavy atom. The zero-order valence-electron chi connectivity index (χ0n) is 8.92. The Hall–Kier alpha value is -1.79. The summed E-state index contributed by atoms with van der Waals surface area (Å²) in [5.74, 6) is -0.507. The first-order valence-corrected chi connectivity index (χ1v) is 4.95. The van der Waals surface area contributed by atoms with Crippen molar-refractivity contribution in [3.05, 3.63) is 24.0 Å². The molecule has 1 aromatic heterocycles. The number of nitrogens with one attached hydrogen (secondary N) is 1. The van der Waals surface area contributed by atoms with Gasteiger partial charge in [0, 0.05) is 13.0 Å². The highest BCUT2D eigenvalue weighted by Gasteiger charge is 2.25. The number of anilines is 1. The minimum absolute atomic E-state index is 0.0373. The van der Waals surface area contributed by atoms with Gasteiger partial charge in [-0.3, -0.25) is 4.79 Å². The zero-order valence-corrected chi connectivity index (χ0v) is 8.92. The number of rotatable bonds is 4. The second-order valence-electron chi connectivity index (χ2n) is 3.45. The second kappa shape index (κ2) is 5.51. The molecule has 0 saturated carbocycles. The van der Waals surface area contributed by atoms with Crippen molar-refractivity contribution in [2.75, 3.05) is 12.3 Å². The van der Waals surface area contributed by atoms with Crippen LogP contribution in [0.5, 0.6) is 0 Å². The van der Waals surface area contributed by atoms with E-state index in [4.69, 9.17) is 5.73 Å². The van der Waals surface area contributed by atoms with Crippen LogP contribution in [0.3, 0.4) is 0 Å². The second-order valence-corrected chi connectivity index (χ2v) is 3.45. The SMILES string of the molecule is Nc1ccc(C(=O)NCCCC(F)(F)F)nc1. The molecule has 7 heteroatoms. The molecule has 0 saturated heterocycles. The Morgan fingerprint density at radius 2 is 2.12 bits per heavy atom. The van der Waals surface area contributed by atoms with Crippen LogP contribution in [0.15, 0.2) is 18.3 Å². The summed E-state index contributed by atoms with van der Waals surface area (Å²) >= 11 is 0. The van der Waals surface area contributed by atoms with Gasteiger partial charge in [0.15, 0.2) is 0 Å². The molecule has 0 spiro atoms. The third-order valence-electron chi connectivity index (χ3n) is 1.94. The van der Waals surface area contributed by atoms with Crippen LogP contribution >= 0.6 is 0 Å². The van der Waals surface area contributed by atoms with Crippen molar-refractivity contribution < 1.29 is 18.0 Å². The summed E-state index contributed by atoms with van der Waals surface area (Å²) in [4.78, 5) is 15.1. The van der Waals surface area contributed by atoms with Gasteiger partial charge in [-0.25, -0.2) is 4.98 Å². The fraction of sp³-hybridized carbons (Fsp3) is 0.400. The lowest BCUT2D eigenvalue weighted by Crippen LogP contribution is -2.26. The van der Waals surface area contributed by atoms with Gasteiger partial charge in [-0.05, 0) is 18.6 Å². The predicted octanol–water partition coefficient (Wildman–Crippen LogP) is 1.74. The molecule has 3 N–H and O–H groups in total. The van der Waals surface area contributed by atoms with Gasteiger partial charge in [0.25, 0.3) is 5.91 Å². The van der Waals surface area contributed by atoms with Crippen LogP contribution in [0.2, 0.25) is 0 Å². The van der Waals surface area contributed by atoms with E-state index >= 15 is 0 Å². The molecule has 0 aliphatic rings. The third kappa shape index (κ3) is 5.19. The molecule has 0 aliphatic heterocycles. The van der Waals surface area contributed by atoms with E-state index in [1.807, 2.05) is 0 Å². The van der Waals surface area contributed by atoms with Gasteiger partial charge in [-0.2, -0.15) is 13.2 Å². The molecule has 1 aromatic rings. The van der Waals surface area contributed by atoms with Crippen LogP contribution < -0.4 is 11.1 Å². The molecule has 0 aromatic carbocycles. The Labute approximate surface area is 96.0 Å². The maximum absolute atomic E-state index is 11.8. The number of halogens is 3. The molecule has 4 nitrogen and oxygen atoms in total. The molecular weight excluding hydrogens is 235 g/mol. The first-order chi connectivity index (χ1) is 7.88. The molecule has 0 aliphatic carbocycles.